The van der Waals surface area contributed by atoms with E-state index in [-0.39, 0.29) is 12.6 Å². The van der Waals surface area contributed by atoms with E-state index in [1.165, 1.54) is 0 Å². The van der Waals surface area contributed by atoms with Gasteiger partial charge < -0.3 is 26.2 Å². The molecule has 8 heteroatoms. The monoisotopic (exact) mass is 287 g/mol. The first-order valence-corrected chi connectivity index (χ1v) is 6.64. The number of primary amides is 1. The molecule has 1 heterocycles. The maximum absolute atomic E-state index is 12.1. The maximum atomic E-state index is 12.1. The van der Waals surface area contributed by atoms with Crippen molar-refractivity contribution in [1.29, 1.82) is 0 Å². The van der Waals surface area contributed by atoms with Gasteiger partial charge in [0.15, 0.2) is 0 Å². The van der Waals surface area contributed by atoms with E-state index in [1.807, 2.05) is 0 Å². The van der Waals surface area contributed by atoms with Gasteiger partial charge >= 0.3 is 12.0 Å². The molecule has 0 aromatic rings. The van der Waals surface area contributed by atoms with Crippen molar-refractivity contribution in [2.24, 2.45) is 5.73 Å². The SMILES string of the molecule is NC(=O)C[C@H](NC(=O)N1CCCC1CCCO)C(=O)O. The average molecular weight is 287 g/mol. The highest BCUT2D eigenvalue weighted by molar-refractivity contribution is 5.87. The number of hydrogen-bond acceptors (Lipinski definition) is 4. The zero-order valence-corrected chi connectivity index (χ0v) is 11.2. The summed E-state index contributed by atoms with van der Waals surface area (Å²) in [6.07, 6.45) is 2.52. The number of carbonyl (C=O) groups excluding carboxylic acids is 2. The third kappa shape index (κ3) is 4.69. The summed E-state index contributed by atoms with van der Waals surface area (Å²) in [5.41, 5.74) is 4.96. The van der Waals surface area contributed by atoms with Crippen LogP contribution in [0.3, 0.4) is 0 Å². The van der Waals surface area contributed by atoms with E-state index in [0.717, 1.165) is 12.8 Å². The summed E-state index contributed by atoms with van der Waals surface area (Å²) < 4.78 is 0. The molecule has 0 radical (unpaired) electrons. The fourth-order valence-corrected chi connectivity index (χ4v) is 2.36. The summed E-state index contributed by atoms with van der Waals surface area (Å²) in [7, 11) is 0. The summed E-state index contributed by atoms with van der Waals surface area (Å²) in [4.78, 5) is 35.4. The average Bonchev–Trinajstić information content (AvgIpc) is 2.83. The molecule has 20 heavy (non-hydrogen) atoms. The number of likely N-dealkylation sites (tertiary alicyclic amines) is 1. The van der Waals surface area contributed by atoms with Crippen molar-refractivity contribution < 1.29 is 24.6 Å². The second kappa shape index (κ2) is 7.68. The number of urea groups is 1. The largest absolute Gasteiger partial charge is 0.480 e. The van der Waals surface area contributed by atoms with Crippen LogP contribution in [-0.2, 0) is 9.59 Å². The summed E-state index contributed by atoms with van der Waals surface area (Å²) in [5, 5.41) is 20.1. The fourth-order valence-electron chi connectivity index (χ4n) is 2.36. The van der Waals surface area contributed by atoms with E-state index < -0.39 is 30.4 Å². The topological polar surface area (TPSA) is 133 Å². The second-order valence-corrected chi connectivity index (χ2v) is 4.87. The Morgan fingerprint density at radius 1 is 1.40 bits per heavy atom. The molecular weight excluding hydrogens is 266 g/mol. The molecule has 0 spiro atoms. The number of nitrogens with zero attached hydrogens (tertiary/aromatic N) is 1. The molecule has 1 saturated heterocycles. The van der Waals surface area contributed by atoms with E-state index in [1.54, 1.807) is 4.90 Å². The minimum Gasteiger partial charge on any atom is -0.480 e. The van der Waals surface area contributed by atoms with Crippen molar-refractivity contribution in [2.45, 2.75) is 44.2 Å². The number of hydrogen-bond donors (Lipinski definition) is 4. The first kappa shape index (κ1) is 16.2. The summed E-state index contributed by atoms with van der Waals surface area (Å²) in [5.74, 6) is -2.07. The smallest absolute Gasteiger partial charge is 0.326 e. The summed E-state index contributed by atoms with van der Waals surface area (Å²) in [6.45, 7) is 0.607. The Morgan fingerprint density at radius 2 is 2.10 bits per heavy atom. The molecule has 1 fully saturated rings. The van der Waals surface area contributed by atoms with Crippen molar-refractivity contribution in [2.75, 3.05) is 13.2 Å². The maximum Gasteiger partial charge on any atom is 0.326 e. The normalized spacial score (nSPS) is 19.6. The Hall–Kier alpha value is -1.83. The van der Waals surface area contributed by atoms with E-state index in [4.69, 9.17) is 15.9 Å². The lowest BCUT2D eigenvalue weighted by Crippen LogP contribution is -2.50. The lowest BCUT2D eigenvalue weighted by Gasteiger charge is -2.26. The zero-order valence-electron chi connectivity index (χ0n) is 11.2. The van der Waals surface area contributed by atoms with Gasteiger partial charge in [0.2, 0.25) is 5.91 Å². The number of amides is 3. The molecule has 1 aliphatic rings. The number of aliphatic hydroxyl groups is 1. The molecule has 1 unspecified atom stereocenters. The van der Waals surface area contributed by atoms with Crippen molar-refractivity contribution in [3.05, 3.63) is 0 Å². The number of carbonyl (C=O) groups is 3. The number of aliphatic carboxylic acids is 1. The van der Waals surface area contributed by atoms with Crippen LogP contribution in [0.15, 0.2) is 0 Å². The minimum absolute atomic E-state index is 0.00479. The molecule has 0 aromatic carbocycles. The quantitative estimate of drug-likeness (QED) is 0.489. The lowest BCUT2D eigenvalue weighted by atomic mass is 10.1. The van der Waals surface area contributed by atoms with Gasteiger partial charge in [0.1, 0.15) is 6.04 Å². The Morgan fingerprint density at radius 3 is 2.65 bits per heavy atom. The number of nitrogens with two attached hydrogens (primary N) is 1. The lowest BCUT2D eigenvalue weighted by molar-refractivity contribution is -0.141. The van der Waals surface area contributed by atoms with Crippen LogP contribution in [0, 0.1) is 0 Å². The van der Waals surface area contributed by atoms with Crippen LogP contribution < -0.4 is 11.1 Å². The highest BCUT2D eigenvalue weighted by Gasteiger charge is 2.31. The van der Waals surface area contributed by atoms with Gasteiger partial charge in [-0.05, 0) is 25.7 Å². The first-order valence-electron chi connectivity index (χ1n) is 6.64. The number of nitrogens with one attached hydrogen (secondary N) is 1. The molecule has 2 atom stereocenters. The van der Waals surface area contributed by atoms with Crippen LogP contribution in [-0.4, -0.2) is 58.3 Å². The summed E-state index contributed by atoms with van der Waals surface area (Å²) >= 11 is 0. The van der Waals surface area contributed by atoms with Crippen molar-refractivity contribution >= 4 is 17.9 Å². The van der Waals surface area contributed by atoms with Crippen molar-refractivity contribution in [3.8, 4) is 0 Å². The number of carboxylic acid groups (broad SMARTS) is 1. The van der Waals surface area contributed by atoms with E-state index in [2.05, 4.69) is 5.32 Å². The number of aliphatic hydroxyl groups excluding tert-OH is 1. The molecule has 0 aromatic heterocycles. The molecule has 1 rings (SSSR count). The Balaban J connectivity index is 2.58. The number of rotatable bonds is 7. The van der Waals surface area contributed by atoms with Crippen LogP contribution in [0.1, 0.15) is 32.1 Å². The van der Waals surface area contributed by atoms with Gasteiger partial charge in [0.05, 0.1) is 6.42 Å². The van der Waals surface area contributed by atoms with Gasteiger partial charge in [-0.1, -0.05) is 0 Å². The molecule has 1 aliphatic heterocycles. The van der Waals surface area contributed by atoms with E-state index in [9.17, 15) is 14.4 Å². The van der Waals surface area contributed by atoms with Crippen molar-refractivity contribution in [3.63, 3.8) is 0 Å². The molecular formula is C12H21N3O5. The predicted molar refractivity (Wildman–Crippen MR) is 69.8 cm³/mol. The van der Waals surface area contributed by atoms with Gasteiger partial charge in [0, 0.05) is 19.2 Å². The van der Waals surface area contributed by atoms with E-state index in [0.29, 0.717) is 19.4 Å². The van der Waals surface area contributed by atoms with E-state index >= 15 is 0 Å². The Kier molecular flexibility index (Phi) is 6.23. The van der Waals surface area contributed by atoms with Crippen molar-refractivity contribution in [1.82, 2.24) is 10.2 Å². The van der Waals surface area contributed by atoms with Gasteiger partial charge in [0.25, 0.3) is 0 Å². The molecule has 0 bridgehead atoms. The fraction of sp³-hybridized carbons (Fsp3) is 0.750. The third-order valence-corrected chi connectivity index (χ3v) is 3.33. The summed E-state index contributed by atoms with van der Waals surface area (Å²) in [6, 6.07) is -1.80. The molecule has 0 aliphatic carbocycles. The first-order chi connectivity index (χ1) is 9.45. The molecule has 5 N–H and O–H groups in total. The van der Waals surface area contributed by atoms with Crippen LogP contribution in [0.2, 0.25) is 0 Å². The zero-order chi connectivity index (χ0) is 15.1. The highest BCUT2D eigenvalue weighted by Crippen LogP contribution is 2.21. The minimum atomic E-state index is -1.31. The standard InChI is InChI=1S/C12H21N3O5/c13-10(17)7-9(11(18)19)14-12(20)15-5-1-3-8(15)4-2-6-16/h8-9,16H,1-7H2,(H2,13,17)(H,14,20)(H,18,19)/t8?,9-/m0/s1. The van der Waals surface area contributed by atoms with Gasteiger partial charge in [-0.15, -0.1) is 0 Å². The van der Waals surface area contributed by atoms with Crippen LogP contribution in [0.5, 0.6) is 0 Å². The molecule has 3 amide bonds. The molecule has 8 nitrogen and oxygen atoms in total. The molecule has 0 saturated carbocycles. The van der Waals surface area contributed by atoms with Crippen LogP contribution >= 0.6 is 0 Å². The third-order valence-electron chi connectivity index (χ3n) is 3.33. The van der Waals surface area contributed by atoms with Gasteiger partial charge in [-0.25, -0.2) is 9.59 Å². The van der Waals surface area contributed by atoms with Gasteiger partial charge in [-0.2, -0.15) is 0 Å². The second-order valence-electron chi connectivity index (χ2n) is 4.87. The highest BCUT2D eigenvalue weighted by atomic mass is 16.4. The molecule has 114 valence electrons. The Labute approximate surface area is 116 Å². The van der Waals surface area contributed by atoms with Crippen LogP contribution in [0.25, 0.3) is 0 Å². The van der Waals surface area contributed by atoms with Gasteiger partial charge in [-0.3, -0.25) is 4.79 Å². The van der Waals surface area contributed by atoms with Crippen LogP contribution in [0.4, 0.5) is 4.79 Å². The number of carboxylic acids is 1. The predicted octanol–water partition coefficient (Wildman–Crippen LogP) is -0.738. The Bertz CT molecular complexity index is 374.